The molecular formula is C30H32Cl2F3N7O2. The number of carbonyl (C=O) groups excluding carboxylic acids is 1. The number of nitrogen functional groups attached to an aromatic ring is 1. The number of allylic oxidation sites excluding steroid dienone is 1. The van der Waals surface area contributed by atoms with Gasteiger partial charge in [-0.05, 0) is 74.9 Å². The highest BCUT2D eigenvalue weighted by Gasteiger charge is 2.47. The lowest BCUT2D eigenvalue weighted by atomic mass is 9.86. The number of halogens is 5. The molecule has 0 bridgehead atoms. The lowest BCUT2D eigenvalue weighted by Crippen LogP contribution is -2.66. The number of hydrogen-bond donors (Lipinski definition) is 1. The number of rotatable bonds is 5. The van der Waals surface area contributed by atoms with Crippen LogP contribution in [0.2, 0.25) is 10.3 Å². The number of benzene rings is 1. The standard InChI is InChI=1S/C30H32Cl2F3N7O2/c1-4-5-18-13-19-14-40(15-29(3)8-9-41(29)28(43)42-26(17-6-7-17)38-27(32)39-42)10-11-44-25(19)23(31)21(18)24-22(30(33,34)35)16(2)12-20(36)37-24/h4-5,12-13,17H,6-11,14-15H2,1-3H3,(H2,36,37)/b5-4+. The largest absolute Gasteiger partial charge is 0.490 e. The average molecular weight is 651 g/mol. The smallest absolute Gasteiger partial charge is 0.418 e. The van der Waals surface area contributed by atoms with Crippen LogP contribution in [0.25, 0.3) is 17.3 Å². The lowest BCUT2D eigenvalue weighted by molar-refractivity contribution is -0.137. The van der Waals surface area contributed by atoms with E-state index in [0.29, 0.717) is 43.3 Å². The molecule has 234 valence electrons. The van der Waals surface area contributed by atoms with Crippen molar-refractivity contribution in [3.63, 3.8) is 0 Å². The number of fused-ring (bicyclic) bond motifs is 1. The second-order valence-electron chi connectivity index (χ2n) is 11.9. The van der Waals surface area contributed by atoms with Crippen molar-refractivity contribution in [2.45, 2.75) is 64.2 Å². The van der Waals surface area contributed by atoms with Crippen LogP contribution in [-0.4, -0.2) is 67.4 Å². The van der Waals surface area contributed by atoms with Crippen molar-refractivity contribution in [2.75, 3.05) is 32.0 Å². The van der Waals surface area contributed by atoms with E-state index in [9.17, 15) is 18.0 Å². The number of pyridine rings is 1. The molecule has 1 amide bonds. The molecule has 1 unspecified atom stereocenters. The van der Waals surface area contributed by atoms with Gasteiger partial charge in [0.05, 0.1) is 21.8 Å². The first-order valence-electron chi connectivity index (χ1n) is 14.4. The Hall–Kier alpha value is -3.35. The fourth-order valence-corrected chi connectivity index (χ4v) is 6.77. The third kappa shape index (κ3) is 5.52. The van der Waals surface area contributed by atoms with Crippen LogP contribution < -0.4 is 10.5 Å². The summed E-state index contributed by atoms with van der Waals surface area (Å²) >= 11 is 13.0. The second kappa shape index (κ2) is 11.2. The maximum atomic E-state index is 14.3. The van der Waals surface area contributed by atoms with E-state index in [4.69, 9.17) is 33.7 Å². The zero-order chi connectivity index (χ0) is 31.6. The van der Waals surface area contributed by atoms with Crippen LogP contribution >= 0.6 is 23.2 Å². The first-order valence-corrected chi connectivity index (χ1v) is 15.2. The van der Waals surface area contributed by atoms with Gasteiger partial charge in [-0.2, -0.15) is 17.9 Å². The molecule has 3 aliphatic rings. The van der Waals surface area contributed by atoms with Crippen LogP contribution in [0.5, 0.6) is 5.75 Å². The Morgan fingerprint density at radius 3 is 2.61 bits per heavy atom. The highest BCUT2D eigenvalue weighted by molar-refractivity contribution is 6.35. The normalized spacial score (nSPS) is 20.8. The number of nitrogens with zero attached hydrogens (tertiary/aromatic N) is 6. The molecule has 3 aromatic rings. The number of aromatic nitrogens is 4. The Kier molecular flexibility index (Phi) is 7.82. The molecule has 14 heteroatoms. The minimum absolute atomic E-state index is 0.0414. The number of anilines is 1. The minimum atomic E-state index is -4.68. The predicted octanol–water partition coefficient (Wildman–Crippen LogP) is 6.79. The van der Waals surface area contributed by atoms with Crippen molar-refractivity contribution in [3.05, 3.63) is 56.6 Å². The summed E-state index contributed by atoms with van der Waals surface area (Å²) in [6.07, 6.45) is 1.45. The van der Waals surface area contributed by atoms with Gasteiger partial charge in [0.25, 0.3) is 0 Å². The molecular weight excluding hydrogens is 618 g/mol. The fourth-order valence-electron chi connectivity index (χ4n) is 6.24. The zero-order valence-corrected chi connectivity index (χ0v) is 26.0. The molecule has 1 saturated heterocycles. The maximum Gasteiger partial charge on any atom is 0.418 e. The molecule has 6 rings (SSSR count). The molecule has 1 atom stereocenters. The Balaban J connectivity index is 1.32. The van der Waals surface area contributed by atoms with E-state index in [1.807, 2.05) is 6.92 Å². The van der Waals surface area contributed by atoms with Crippen molar-refractivity contribution in [1.29, 1.82) is 0 Å². The number of hydrogen-bond acceptors (Lipinski definition) is 7. The quantitative estimate of drug-likeness (QED) is 0.324. The highest BCUT2D eigenvalue weighted by Crippen LogP contribution is 2.47. The number of nitrogens with two attached hydrogens (primary N) is 1. The van der Waals surface area contributed by atoms with E-state index in [0.717, 1.165) is 24.8 Å². The number of likely N-dealkylation sites (tertiary alicyclic amines) is 1. The highest BCUT2D eigenvalue weighted by atomic mass is 35.5. The number of amides is 1. The SMILES string of the molecule is C/C=C/c1cc2c(c(Cl)c1-c1nc(N)cc(C)c1C(F)(F)F)OCCN(CC1(C)CCN1C(=O)n1nc(Cl)nc1C1CC1)C2. The average Bonchev–Trinajstić information content (AvgIpc) is 3.71. The third-order valence-corrected chi connectivity index (χ3v) is 9.05. The third-order valence-electron chi connectivity index (χ3n) is 8.53. The maximum absolute atomic E-state index is 14.3. The minimum Gasteiger partial charge on any atom is -0.490 e. The summed E-state index contributed by atoms with van der Waals surface area (Å²) < 4.78 is 50.2. The van der Waals surface area contributed by atoms with Crippen LogP contribution in [0.4, 0.5) is 23.8 Å². The molecule has 4 heterocycles. The number of alkyl halides is 3. The molecule has 1 aliphatic carbocycles. The van der Waals surface area contributed by atoms with Gasteiger partial charge in [0, 0.05) is 43.2 Å². The lowest BCUT2D eigenvalue weighted by Gasteiger charge is -2.52. The van der Waals surface area contributed by atoms with Crippen molar-refractivity contribution in [1.82, 2.24) is 29.5 Å². The number of carbonyl (C=O) groups is 1. The summed E-state index contributed by atoms with van der Waals surface area (Å²) in [6.45, 7) is 7.45. The molecule has 2 aliphatic heterocycles. The van der Waals surface area contributed by atoms with Crippen LogP contribution in [0.1, 0.15) is 67.1 Å². The molecule has 2 aromatic heterocycles. The van der Waals surface area contributed by atoms with E-state index < -0.39 is 17.3 Å². The van der Waals surface area contributed by atoms with Gasteiger partial charge >= 0.3 is 12.2 Å². The molecule has 44 heavy (non-hydrogen) atoms. The summed E-state index contributed by atoms with van der Waals surface area (Å²) in [5.74, 6) is 1.07. The molecule has 1 saturated carbocycles. The molecule has 2 N–H and O–H groups in total. The van der Waals surface area contributed by atoms with Gasteiger partial charge < -0.3 is 15.4 Å². The molecule has 0 radical (unpaired) electrons. The van der Waals surface area contributed by atoms with Gasteiger partial charge in [-0.15, -0.1) is 5.10 Å². The van der Waals surface area contributed by atoms with E-state index in [-0.39, 0.29) is 51.5 Å². The van der Waals surface area contributed by atoms with Gasteiger partial charge in [0.2, 0.25) is 5.28 Å². The molecule has 0 spiro atoms. The molecule has 2 fully saturated rings. The van der Waals surface area contributed by atoms with E-state index in [1.165, 1.54) is 17.7 Å². The van der Waals surface area contributed by atoms with E-state index in [2.05, 4.69) is 20.0 Å². The topological polar surface area (TPSA) is 102 Å². The summed E-state index contributed by atoms with van der Waals surface area (Å²) in [5, 5.41) is 4.28. The van der Waals surface area contributed by atoms with E-state index >= 15 is 0 Å². The van der Waals surface area contributed by atoms with Crippen molar-refractivity contribution < 1.29 is 22.7 Å². The van der Waals surface area contributed by atoms with Gasteiger partial charge in [-0.3, -0.25) is 4.90 Å². The Morgan fingerprint density at radius 2 is 1.98 bits per heavy atom. The predicted molar refractivity (Wildman–Crippen MR) is 162 cm³/mol. The van der Waals surface area contributed by atoms with Crippen molar-refractivity contribution in [2.24, 2.45) is 0 Å². The first kappa shape index (κ1) is 30.7. The van der Waals surface area contributed by atoms with Crippen LogP contribution in [-0.2, 0) is 12.7 Å². The van der Waals surface area contributed by atoms with Crippen molar-refractivity contribution in [3.8, 4) is 17.0 Å². The van der Waals surface area contributed by atoms with E-state index in [1.54, 1.807) is 30.0 Å². The molecule has 1 aromatic carbocycles. The van der Waals surface area contributed by atoms with Crippen molar-refractivity contribution >= 4 is 41.1 Å². The summed E-state index contributed by atoms with van der Waals surface area (Å²) in [4.78, 5) is 25.9. The Labute approximate surface area is 262 Å². The summed E-state index contributed by atoms with van der Waals surface area (Å²) in [7, 11) is 0. The molecule has 9 nitrogen and oxygen atoms in total. The Morgan fingerprint density at radius 1 is 1.23 bits per heavy atom. The summed E-state index contributed by atoms with van der Waals surface area (Å²) in [6, 6.07) is 2.74. The van der Waals surface area contributed by atoms with Crippen LogP contribution in [0, 0.1) is 6.92 Å². The Bertz CT molecular complexity index is 1670. The summed E-state index contributed by atoms with van der Waals surface area (Å²) in [5.41, 5.74) is 5.45. The number of aryl methyl sites for hydroxylation is 1. The zero-order valence-electron chi connectivity index (χ0n) is 24.5. The van der Waals surface area contributed by atoms with Gasteiger partial charge in [-0.1, -0.05) is 23.8 Å². The monoisotopic (exact) mass is 649 g/mol. The van der Waals surface area contributed by atoms with Crippen LogP contribution in [0.15, 0.2) is 18.2 Å². The second-order valence-corrected chi connectivity index (χ2v) is 12.6. The first-order chi connectivity index (χ1) is 20.8. The van der Waals surface area contributed by atoms with Gasteiger partial charge in [0.15, 0.2) is 0 Å². The number of ether oxygens (including phenoxy) is 1. The van der Waals surface area contributed by atoms with Crippen LogP contribution in [0.3, 0.4) is 0 Å². The van der Waals surface area contributed by atoms with Gasteiger partial charge in [-0.25, -0.2) is 14.8 Å². The van der Waals surface area contributed by atoms with Gasteiger partial charge in [0.1, 0.15) is 24.0 Å². The fraction of sp³-hybridized carbons (Fsp3) is 0.467.